The average molecular weight is 373 g/mol. The maximum atomic E-state index is 12.4. The molecule has 7 nitrogen and oxygen atoms in total. The lowest BCUT2D eigenvalue weighted by Gasteiger charge is -2.08. The average Bonchev–Trinajstić information content (AvgIpc) is 3.08. The third-order valence-corrected chi connectivity index (χ3v) is 4.45. The molecule has 0 fully saturated rings. The molecule has 0 spiro atoms. The Balaban J connectivity index is 1.52. The summed E-state index contributed by atoms with van der Waals surface area (Å²) in [6.45, 7) is 0. The fourth-order valence-corrected chi connectivity index (χ4v) is 3.05. The number of nitrogens with two attached hydrogens (primary N) is 1. The Morgan fingerprint density at radius 2 is 2.00 bits per heavy atom. The van der Waals surface area contributed by atoms with Crippen LogP contribution in [-0.4, -0.2) is 28.2 Å². The Bertz CT molecular complexity index is 1150. The zero-order valence-electron chi connectivity index (χ0n) is 15.3. The first-order valence-corrected chi connectivity index (χ1v) is 8.75. The van der Waals surface area contributed by atoms with Crippen molar-refractivity contribution in [1.29, 1.82) is 0 Å². The van der Waals surface area contributed by atoms with E-state index >= 15 is 0 Å². The summed E-state index contributed by atoms with van der Waals surface area (Å²) >= 11 is 0. The Labute approximate surface area is 161 Å². The van der Waals surface area contributed by atoms with Crippen LogP contribution in [0.5, 0.6) is 5.75 Å². The molecule has 0 saturated heterocycles. The van der Waals surface area contributed by atoms with Crippen molar-refractivity contribution in [3.05, 3.63) is 66.4 Å². The van der Waals surface area contributed by atoms with Crippen LogP contribution in [0.4, 0.5) is 11.6 Å². The number of hydrogen-bond donors (Lipinski definition) is 3. The Morgan fingerprint density at radius 3 is 2.86 bits per heavy atom. The quantitative estimate of drug-likeness (QED) is 0.497. The number of nitrogens with zero attached hydrogens (tertiary/aromatic N) is 2. The van der Waals surface area contributed by atoms with Gasteiger partial charge in [0.1, 0.15) is 11.6 Å². The number of amides is 1. The predicted octanol–water partition coefficient (Wildman–Crippen LogP) is 3.40. The molecule has 140 valence electrons. The largest absolute Gasteiger partial charge is 0.497 e. The van der Waals surface area contributed by atoms with E-state index in [0.29, 0.717) is 11.6 Å². The fraction of sp³-hybridized carbons (Fsp3) is 0.0952. The van der Waals surface area contributed by atoms with Crippen LogP contribution in [0.15, 0.2) is 60.8 Å². The molecule has 4 N–H and O–H groups in total. The molecule has 28 heavy (non-hydrogen) atoms. The van der Waals surface area contributed by atoms with Crippen LogP contribution in [0.3, 0.4) is 0 Å². The van der Waals surface area contributed by atoms with Crippen LogP contribution in [0, 0.1) is 0 Å². The number of methoxy groups -OCH3 is 1. The van der Waals surface area contributed by atoms with E-state index in [1.807, 2.05) is 54.6 Å². The van der Waals surface area contributed by atoms with Crippen molar-refractivity contribution in [2.75, 3.05) is 18.2 Å². The lowest BCUT2D eigenvalue weighted by Crippen LogP contribution is -2.15. The van der Waals surface area contributed by atoms with E-state index in [1.165, 1.54) is 0 Å². The molecule has 1 amide bonds. The molecule has 0 atom stereocenters. The van der Waals surface area contributed by atoms with E-state index in [2.05, 4.69) is 20.5 Å². The molecule has 4 aromatic rings. The van der Waals surface area contributed by atoms with Gasteiger partial charge in [-0.25, -0.2) is 4.98 Å². The molecule has 7 heteroatoms. The smallest absolute Gasteiger partial charge is 0.229 e. The molecular formula is C21H19N5O2. The van der Waals surface area contributed by atoms with Gasteiger partial charge in [-0.2, -0.15) is 5.10 Å². The molecule has 2 heterocycles. The number of fused-ring (bicyclic) bond motifs is 1. The van der Waals surface area contributed by atoms with Crippen LogP contribution >= 0.6 is 0 Å². The van der Waals surface area contributed by atoms with E-state index in [9.17, 15) is 4.79 Å². The highest BCUT2D eigenvalue weighted by molar-refractivity contribution is 5.94. The van der Waals surface area contributed by atoms with Crippen molar-refractivity contribution in [2.24, 2.45) is 0 Å². The second-order valence-corrected chi connectivity index (χ2v) is 6.38. The molecule has 4 rings (SSSR count). The lowest BCUT2D eigenvalue weighted by atomic mass is 10.0. The summed E-state index contributed by atoms with van der Waals surface area (Å²) in [5, 5.41) is 10.6. The van der Waals surface area contributed by atoms with Gasteiger partial charge >= 0.3 is 0 Å². The van der Waals surface area contributed by atoms with Crippen LogP contribution < -0.4 is 15.8 Å². The van der Waals surface area contributed by atoms with E-state index in [0.717, 1.165) is 33.3 Å². The highest BCUT2D eigenvalue weighted by Crippen LogP contribution is 2.27. The standard InChI is InChI=1S/C21H19N5O2/c1-28-16-4-2-3-13(9-16)10-20(27)24-19-12-15(7-8-23-19)14-5-6-18-17(11-14)21(22)26-25-18/h2-9,11-12H,10H2,1H3,(H3,22,25,26)(H,23,24,27). The molecule has 0 unspecified atom stereocenters. The number of H-pyrrole nitrogens is 1. The highest BCUT2D eigenvalue weighted by atomic mass is 16.5. The first kappa shape index (κ1) is 17.5. The summed E-state index contributed by atoms with van der Waals surface area (Å²) in [7, 11) is 1.60. The zero-order valence-corrected chi connectivity index (χ0v) is 15.3. The molecule has 2 aromatic carbocycles. The first-order chi connectivity index (χ1) is 13.6. The van der Waals surface area contributed by atoms with Gasteiger partial charge in [0.05, 0.1) is 19.0 Å². The van der Waals surface area contributed by atoms with Gasteiger partial charge in [0.15, 0.2) is 5.82 Å². The number of carbonyl (C=O) groups is 1. The van der Waals surface area contributed by atoms with Gasteiger partial charge in [0.25, 0.3) is 0 Å². The van der Waals surface area contributed by atoms with E-state index in [1.54, 1.807) is 13.3 Å². The van der Waals surface area contributed by atoms with Crippen molar-refractivity contribution in [2.45, 2.75) is 6.42 Å². The predicted molar refractivity (Wildman–Crippen MR) is 109 cm³/mol. The van der Waals surface area contributed by atoms with E-state index in [-0.39, 0.29) is 12.3 Å². The third-order valence-electron chi connectivity index (χ3n) is 4.45. The van der Waals surface area contributed by atoms with Crippen molar-refractivity contribution < 1.29 is 9.53 Å². The minimum Gasteiger partial charge on any atom is -0.497 e. The summed E-state index contributed by atoms with van der Waals surface area (Å²) in [5.74, 6) is 1.52. The van der Waals surface area contributed by atoms with Crippen molar-refractivity contribution >= 4 is 28.4 Å². The number of pyridine rings is 1. The number of carbonyl (C=O) groups excluding carboxylic acids is 1. The molecule has 0 bridgehead atoms. The van der Waals surface area contributed by atoms with Gasteiger partial charge in [-0.05, 0) is 53.1 Å². The number of hydrogen-bond acceptors (Lipinski definition) is 5. The number of benzene rings is 2. The Hall–Kier alpha value is -3.87. The van der Waals surface area contributed by atoms with E-state index in [4.69, 9.17) is 10.5 Å². The number of nitrogens with one attached hydrogen (secondary N) is 2. The molecule has 0 saturated carbocycles. The number of aromatic nitrogens is 3. The Kier molecular flexibility index (Phi) is 4.63. The van der Waals surface area contributed by atoms with Crippen molar-refractivity contribution in [3.63, 3.8) is 0 Å². The topological polar surface area (TPSA) is 106 Å². The maximum absolute atomic E-state index is 12.4. The van der Waals surface area contributed by atoms with Gasteiger partial charge < -0.3 is 15.8 Å². The van der Waals surface area contributed by atoms with Crippen LogP contribution in [0.25, 0.3) is 22.0 Å². The number of ether oxygens (including phenoxy) is 1. The molecule has 2 aromatic heterocycles. The molecule has 0 aliphatic heterocycles. The highest BCUT2D eigenvalue weighted by Gasteiger charge is 2.09. The number of anilines is 2. The van der Waals surface area contributed by atoms with Gasteiger partial charge in [-0.1, -0.05) is 18.2 Å². The summed E-state index contributed by atoms with van der Waals surface area (Å²) in [4.78, 5) is 16.6. The number of rotatable bonds is 5. The number of nitrogen functional groups attached to an aromatic ring is 1. The first-order valence-electron chi connectivity index (χ1n) is 8.75. The van der Waals surface area contributed by atoms with Gasteiger partial charge in [-0.15, -0.1) is 0 Å². The molecular weight excluding hydrogens is 354 g/mol. The molecule has 0 aliphatic carbocycles. The van der Waals surface area contributed by atoms with Gasteiger partial charge in [0.2, 0.25) is 5.91 Å². The summed E-state index contributed by atoms with van der Waals surface area (Å²) in [6.07, 6.45) is 1.90. The van der Waals surface area contributed by atoms with E-state index < -0.39 is 0 Å². The molecule has 0 aliphatic rings. The van der Waals surface area contributed by atoms with Crippen molar-refractivity contribution in [1.82, 2.24) is 15.2 Å². The SMILES string of the molecule is COc1cccc(CC(=O)Nc2cc(-c3ccc4[nH]nc(N)c4c3)ccn2)c1. The van der Waals surface area contributed by atoms with Crippen LogP contribution in [-0.2, 0) is 11.2 Å². The summed E-state index contributed by atoms with van der Waals surface area (Å²) in [5.41, 5.74) is 9.53. The second kappa shape index (κ2) is 7.40. The summed E-state index contributed by atoms with van der Waals surface area (Å²) < 4.78 is 5.19. The second-order valence-electron chi connectivity index (χ2n) is 6.38. The number of aromatic amines is 1. The molecule has 0 radical (unpaired) electrons. The monoisotopic (exact) mass is 373 g/mol. The summed E-state index contributed by atoms with van der Waals surface area (Å²) in [6, 6.07) is 17.0. The Morgan fingerprint density at radius 1 is 1.14 bits per heavy atom. The third kappa shape index (κ3) is 3.64. The van der Waals surface area contributed by atoms with Crippen LogP contribution in [0.1, 0.15) is 5.56 Å². The normalized spacial score (nSPS) is 10.8. The zero-order chi connectivity index (χ0) is 19.5. The lowest BCUT2D eigenvalue weighted by molar-refractivity contribution is -0.115. The van der Waals surface area contributed by atoms with Gasteiger partial charge in [-0.3, -0.25) is 9.89 Å². The van der Waals surface area contributed by atoms with Crippen LogP contribution in [0.2, 0.25) is 0 Å². The maximum Gasteiger partial charge on any atom is 0.229 e. The fourth-order valence-electron chi connectivity index (χ4n) is 3.05. The minimum absolute atomic E-state index is 0.146. The minimum atomic E-state index is -0.146. The van der Waals surface area contributed by atoms with Gasteiger partial charge in [0, 0.05) is 11.6 Å². The van der Waals surface area contributed by atoms with Crippen molar-refractivity contribution in [3.8, 4) is 16.9 Å².